The summed E-state index contributed by atoms with van der Waals surface area (Å²) in [5.41, 5.74) is 1.64. The van der Waals surface area contributed by atoms with Crippen molar-refractivity contribution in [1.82, 2.24) is 0 Å². The van der Waals surface area contributed by atoms with Crippen LogP contribution in [0, 0.1) is 17.1 Å². The number of benzene rings is 2. The Labute approximate surface area is 135 Å². The van der Waals surface area contributed by atoms with E-state index in [9.17, 15) is 9.65 Å². The molecule has 0 saturated heterocycles. The zero-order chi connectivity index (χ0) is 16.8. The number of rotatable bonds is 6. The predicted octanol–water partition coefficient (Wildman–Crippen LogP) is 3.70. The molecule has 0 aliphatic rings. The molecule has 4 nitrogen and oxygen atoms in total. The molecule has 1 atom stereocenters. The molecule has 2 aromatic carbocycles. The van der Waals surface area contributed by atoms with E-state index in [1.165, 1.54) is 19.2 Å². The summed E-state index contributed by atoms with van der Waals surface area (Å²) in [5, 5.41) is 9.43. The summed E-state index contributed by atoms with van der Waals surface area (Å²) < 4.78 is 29.0. The standard InChI is InChI=1S/C18H18FNO3/c1-21-16-9-12(10-17(22-2)18(16)23-3)8-14(11-20)13-4-6-15(19)7-5-13/h4-7,9-10,14H,8H2,1-3H3. The highest BCUT2D eigenvalue weighted by Gasteiger charge is 2.17. The van der Waals surface area contributed by atoms with Crippen LogP contribution in [0.4, 0.5) is 4.39 Å². The van der Waals surface area contributed by atoms with Crippen LogP contribution in [0.3, 0.4) is 0 Å². The Balaban J connectivity index is 2.34. The van der Waals surface area contributed by atoms with Gasteiger partial charge in [0.1, 0.15) is 5.82 Å². The molecule has 0 saturated carbocycles. The lowest BCUT2D eigenvalue weighted by Gasteiger charge is -2.15. The molecule has 5 heteroatoms. The molecule has 0 bridgehead atoms. The van der Waals surface area contributed by atoms with Gasteiger partial charge in [-0.2, -0.15) is 5.26 Å². The molecule has 0 fully saturated rings. The Morgan fingerprint density at radius 3 is 2.00 bits per heavy atom. The van der Waals surface area contributed by atoms with Gasteiger partial charge in [-0.15, -0.1) is 0 Å². The minimum Gasteiger partial charge on any atom is -0.493 e. The molecule has 0 N–H and O–H groups in total. The second kappa shape index (κ2) is 7.50. The van der Waals surface area contributed by atoms with Gasteiger partial charge in [0, 0.05) is 0 Å². The van der Waals surface area contributed by atoms with Gasteiger partial charge in [-0.25, -0.2) is 4.39 Å². The average Bonchev–Trinajstić information content (AvgIpc) is 2.59. The topological polar surface area (TPSA) is 51.5 Å². The molecular formula is C18H18FNO3. The first-order valence-electron chi connectivity index (χ1n) is 7.06. The van der Waals surface area contributed by atoms with Gasteiger partial charge in [0.25, 0.3) is 0 Å². The van der Waals surface area contributed by atoms with Gasteiger partial charge >= 0.3 is 0 Å². The summed E-state index contributed by atoms with van der Waals surface area (Å²) in [6.45, 7) is 0. The maximum Gasteiger partial charge on any atom is 0.203 e. The molecule has 2 aromatic rings. The van der Waals surface area contributed by atoms with Gasteiger partial charge in [0.05, 0.1) is 33.3 Å². The number of hydrogen-bond acceptors (Lipinski definition) is 4. The second-order valence-corrected chi connectivity index (χ2v) is 4.97. The van der Waals surface area contributed by atoms with Crippen LogP contribution >= 0.6 is 0 Å². The van der Waals surface area contributed by atoms with Crippen molar-refractivity contribution < 1.29 is 18.6 Å². The van der Waals surface area contributed by atoms with E-state index in [0.717, 1.165) is 11.1 Å². The van der Waals surface area contributed by atoms with Gasteiger partial charge < -0.3 is 14.2 Å². The maximum atomic E-state index is 13.0. The van der Waals surface area contributed by atoms with Crippen LogP contribution in [0.25, 0.3) is 0 Å². The van der Waals surface area contributed by atoms with E-state index in [0.29, 0.717) is 23.7 Å². The highest BCUT2D eigenvalue weighted by molar-refractivity contribution is 5.54. The van der Waals surface area contributed by atoms with Crippen molar-refractivity contribution in [2.75, 3.05) is 21.3 Å². The van der Waals surface area contributed by atoms with Crippen LogP contribution in [0.2, 0.25) is 0 Å². The second-order valence-electron chi connectivity index (χ2n) is 4.97. The van der Waals surface area contributed by atoms with Crippen molar-refractivity contribution in [2.24, 2.45) is 0 Å². The highest BCUT2D eigenvalue weighted by atomic mass is 19.1. The van der Waals surface area contributed by atoms with Crippen LogP contribution in [0.15, 0.2) is 36.4 Å². The molecule has 1 unspecified atom stereocenters. The number of methoxy groups -OCH3 is 3. The molecule has 0 aliphatic heterocycles. The Morgan fingerprint density at radius 1 is 1.00 bits per heavy atom. The van der Waals surface area contributed by atoms with Crippen LogP contribution in [0.5, 0.6) is 17.2 Å². The van der Waals surface area contributed by atoms with Crippen molar-refractivity contribution in [1.29, 1.82) is 5.26 Å². The molecule has 0 aromatic heterocycles. The van der Waals surface area contributed by atoms with Crippen molar-refractivity contribution in [3.05, 3.63) is 53.3 Å². The van der Waals surface area contributed by atoms with E-state index in [4.69, 9.17) is 14.2 Å². The molecule has 2 rings (SSSR count). The third-order valence-corrected chi connectivity index (χ3v) is 3.59. The van der Waals surface area contributed by atoms with Gasteiger partial charge in [-0.3, -0.25) is 0 Å². The van der Waals surface area contributed by atoms with E-state index in [-0.39, 0.29) is 5.82 Å². The number of nitriles is 1. The van der Waals surface area contributed by atoms with E-state index in [1.807, 2.05) is 12.1 Å². The summed E-state index contributed by atoms with van der Waals surface area (Å²) in [4.78, 5) is 0. The first-order chi connectivity index (χ1) is 11.1. The maximum absolute atomic E-state index is 13.0. The molecule has 0 amide bonds. The molecule has 0 spiro atoms. The predicted molar refractivity (Wildman–Crippen MR) is 84.6 cm³/mol. The van der Waals surface area contributed by atoms with Crippen molar-refractivity contribution in [3.63, 3.8) is 0 Å². The summed E-state index contributed by atoms with van der Waals surface area (Å²) >= 11 is 0. The Kier molecular flexibility index (Phi) is 5.42. The minimum absolute atomic E-state index is 0.321. The zero-order valence-corrected chi connectivity index (χ0v) is 13.3. The average molecular weight is 315 g/mol. The SMILES string of the molecule is COc1cc(CC(C#N)c2ccc(F)cc2)cc(OC)c1OC. The number of halogens is 1. The van der Waals surface area contributed by atoms with Crippen LogP contribution in [0.1, 0.15) is 17.0 Å². The summed E-state index contributed by atoms with van der Waals surface area (Å²) in [7, 11) is 4.63. The van der Waals surface area contributed by atoms with Crippen molar-refractivity contribution in [3.8, 4) is 23.3 Å². The highest BCUT2D eigenvalue weighted by Crippen LogP contribution is 2.39. The molecule has 120 valence electrons. The zero-order valence-electron chi connectivity index (χ0n) is 13.3. The fourth-order valence-corrected chi connectivity index (χ4v) is 2.42. The quantitative estimate of drug-likeness (QED) is 0.815. The van der Waals surface area contributed by atoms with Gasteiger partial charge in [-0.1, -0.05) is 12.1 Å². The fraction of sp³-hybridized carbons (Fsp3) is 0.278. The largest absolute Gasteiger partial charge is 0.493 e. The first-order valence-corrected chi connectivity index (χ1v) is 7.06. The third-order valence-electron chi connectivity index (χ3n) is 3.59. The van der Waals surface area contributed by atoms with E-state index in [2.05, 4.69) is 6.07 Å². The van der Waals surface area contributed by atoms with E-state index >= 15 is 0 Å². The summed E-state index contributed by atoms with van der Waals surface area (Å²) in [6.07, 6.45) is 0.457. The number of ether oxygens (including phenoxy) is 3. The lowest BCUT2D eigenvalue weighted by Crippen LogP contribution is -2.03. The fourth-order valence-electron chi connectivity index (χ4n) is 2.42. The van der Waals surface area contributed by atoms with Crippen molar-refractivity contribution in [2.45, 2.75) is 12.3 Å². The molecular weight excluding hydrogens is 297 g/mol. The lowest BCUT2D eigenvalue weighted by atomic mass is 9.93. The summed E-state index contributed by atoms with van der Waals surface area (Å²) in [6, 6.07) is 11.8. The monoisotopic (exact) mass is 315 g/mol. The van der Waals surface area contributed by atoms with Crippen LogP contribution < -0.4 is 14.2 Å². The van der Waals surface area contributed by atoms with E-state index in [1.54, 1.807) is 26.4 Å². The first kappa shape index (κ1) is 16.6. The van der Waals surface area contributed by atoms with E-state index < -0.39 is 5.92 Å². The molecule has 0 heterocycles. The Hall–Kier alpha value is -2.74. The Bertz CT molecular complexity index is 682. The number of hydrogen-bond donors (Lipinski definition) is 0. The smallest absolute Gasteiger partial charge is 0.203 e. The van der Waals surface area contributed by atoms with Gasteiger partial charge in [-0.05, 0) is 41.8 Å². The minimum atomic E-state index is -0.390. The molecule has 0 aliphatic carbocycles. The molecule has 0 radical (unpaired) electrons. The van der Waals surface area contributed by atoms with Gasteiger partial charge in [0.15, 0.2) is 11.5 Å². The third kappa shape index (κ3) is 3.72. The van der Waals surface area contributed by atoms with Crippen molar-refractivity contribution >= 4 is 0 Å². The van der Waals surface area contributed by atoms with Crippen LogP contribution in [-0.4, -0.2) is 21.3 Å². The van der Waals surface area contributed by atoms with Crippen LogP contribution in [-0.2, 0) is 6.42 Å². The number of nitrogens with zero attached hydrogens (tertiary/aromatic N) is 1. The van der Waals surface area contributed by atoms with Gasteiger partial charge in [0.2, 0.25) is 5.75 Å². The Morgan fingerprint density at radius 2 is 1.57 bits per heavy atom. The lowest BCUT2D eigenvalue weighted by molar-refractivity contribution is 0.323. The normalized spacial score (nSPS) is 11.4. The summed E-state index contributed by atoms with van der Waals surface area (Å²) in [5.74, 6) is 0.876. The molecule has 23 heavy (non-hydrogen) atoms.